The van der Waals surface area contributed by atoms with Crippen LogP contribution in [0.3, 0.4) is 0 Å². The van der Waals surface area contributed by atoms with Crippen molar-refractivity contribution in [2.45, 2.75) is 124 Å². The second kappa shape index (κ2) is 16.6. The predicted molar refractivity (Wildman–Crippen MR) is 277 cm³/mol. The van der Waals surface area contributed by atoms with Crippen molar-refractivity contribution < 1.29 is 6.48 Å². The number of para-hydroxylation sites is 2. The molecule has 2 aromatic heterocycles. The molecule has 65 heavy (non-hydrogen) atoms. The highest BCUT2D eigenvalue weighted by atomic mass is 16.3. The molecule has 0 bridgehead atoms. The number of nitrogens with zero attached hydrogens (tertiary/aromatic N) is 3. The highest BCUT2D eigenvalue weighted by molar-refractivity contribution is 5.98. The molecule has 0 saturated heterocycles. The van der Waals surface area contributed by atoms with E-state index in [0.717, 1.165) is 78.0 Å². The third kappa shape index (κ3) is 9.06. The Hall–Kier alpha value is -6.26. The van der Waals surface area contributed by atoms with E-state index in [1.54, 1.807) is 0 Å². The molecule has 0 amide bonds. The van der Waals surface area contributed by atoms with Gasteiger partial charge < -0.3 is 5.11 Å². The van der Waals surface area contributed by atoms with Crippen molar-refractivity contribution in [3.63, 3.8) is 0 Å². The van der Waals surface area contributed by atoms with E-state index in [1.165, 1.54) is 11.1 Å². The largest absolute Gasteiger partial charge is 0.507 e. The second-order valence-electron chi connectivity index (χ2n) is 22.3. The second-order valence-corrected chi connectivity index (χ2v) is 22.3. The fraction of sp³-hybridized carbons (Fsp3) is 0.311. The van der Waals surface area contributed by atoms with Gasteiger partial charge in [-0.3, -0.25) is 9.55 Å². The average Bonchev–Trinajstić information content (AvgIpc) is 3.64. The molecule has 0 unspecified atom stereocenters. The molecule has 0 atom stereocenters. The monoisotopic (exact) mass is 859 g/mol. The summed E-state index contributed by atoms with van der Waals surface area (Å²) >= 11 is 0. The lowest BCUT2D eigenvalue weighted by Crippen LogP contribution is -2.17. The normalized spacial score (nSPS) is 13.0. The summed E-state index contributed by atoms with van der Waals surface area (Å²) in [6.45, 7) is 30.5. The Bertz CT molecular complexity index is 3080. The van der Waals surface area contributed by atoms with Crippen LogP contribution in [-0.2, 0) is 21.7 Å². The first kappa shape index (κ1) is 44.0. The van der Waals surface area contributed by atoms with Crippen LogP contribution in [0.1, 0.15) is 132 Å². The summed E-state index contributed by atoms with van der Waals surface area (Å²) in [5.41, 5.74) is 16.6. The number of aromatic nitrogens is 3. The Morgan fingerprint density at radius 3 is 1.74 bits per heavy atom. The molecule has 2 heterocycles. The van der Waals surface area contributed by atoms with Crippen molar-refractivity contribution in [1.29, 1.82) is 0 Å². The number of aromatic hydroxyl groups is 1. The topological polar surface area (TPSA) is 50.9 Å². The first-order valence-electron chi connectivity index (χ1n) is 23.6. The molecule has 4 heteroatoms. The summed E-state index contributed by atoms with van der Waals surface area (Å²) in [7, 11) is 0. The summed E-state index contributed by atoms with van der Waals surface area (Å²) in [6, 6.07) is 47.7. The summed E-state index contributed by atoms with van der Waals surface area (Å²) in [6.07, 6.45) is 1.89. The van der Waals surface area contributed by atoms with E-state index in [0.29, 0.717) is 11.4 Å². The number of benzene rings is 6. The number of fused-ring (bicyclic) bond motifs is 1. The Balaban J connectivity index is 1.40. The van der Waals surface area contributed by atoms with Gasteiger partial charge in [-0.1, -0.05) is 188 Å². The van der Waals surface area contributed by atoms with E-state index >= 15 is 0 Å². The van der Waals surface area contributed by atoms with E-state index in [4.69, 9.17) is 11.3 Å². The zero-order valence-electron chi connectivity index (χ0n) is 42.1. The van der Waals surface area contributed by atoms with Crippen LogP contribution in [0.4, 0.5) is 0 Å². The number of imidazole rings is 1. The molecule has 1 N–H and O–H groups in total. The minimum atomic E-state index is -0.668. The van der Waals surface area contributed by atoms with Crippen LogP contribution in [0.2, 0.25) is 0 Å². The smallest absolute Gasteiger partial charge is 0.149 e. The molecular formula is C61H67N3O. The first-order valence-corrected chi connectivity index (χ1v) is 23.1. The molecular weight excluding hydrogens is 791 g/mol. The SMILES string of the molecule is [2H]C(C)(C)c1ccc(-c2ccnc(-c3cc(-c4cccc5c4nc(-c4cc(C(C)(C)C)cc(C(C)(C)C)c4O)n5-c4ccccc4-c4ccc(C(C)(C)C)cc4)cc(C(C)(C)C)c3)c2)cc1. The molecule has 4 nitrogen and oxygen atoms in total. The number of phenolic OH excluding ortho intramolecular Hbond substituents is 1. The standard InChI is InChI=1S/C61H67N3O/c1-38(2)39-22-24-40(25-23-39)42-30-31-62-52(35-42)44-32-43(33-46(34-44)59(6,7)8)49-19-17-21-54-55(49)63-57(50-36-47(60(9,10)11)37-51(56(50)65)61(12,13)14)64(54)53-20-16-15-18-48(53)41-26-28-45(29-27-41)58(3,4)5/h15-38,65H,1-14H3/i38D. The number of phenols is 1. The van der Waals surface area contributed by atoms with Gasteiger partial charge in [0.1, 0.15) is 11.6 Å². The van der Waals surface area contributed by atoms with Gasteiger partial charge in [0, 0.05) is 29.8 Å². The maximum atomic E-state index is 12.5. The molecule has 0 radical (unpaired) electrons. The van der Waals surface area contributed by atoms with Crippen molar-refractivity contribution in [2.75, 3.05) is 0 Å². The van der Waals surface area contributed by atoms with E-state index in [1.807, 2.05) is 20.0 Å². The lowest BCUT2D eigenvalue weighted by molar-refractivity contribution is 0.446. The van der Waals surface area contributed by atoms with Gasteiger partial charge in [-0.15, -0.1) is 0 Å². The van der Waals surface area contributed by atoms with Gasteiger partial charge in [-0.25, -0.2) is 4.98 Å². The quantitative estimate of drug-likeness (QED) is 0.174. The van der Waals surface area contributed by atoms with Gasteiger partial charge in [0.05, 0.1) is 28.0 Å². The Morgan fingerprint density at radius 2 is 1.11 bits per heavy atom. The lowest BCUT2D eigenvalue weighted by atomic mass is 9.79. The summed E-state index contributed by atoms with van der Waals surface area (Å²) in [5.74, 6) is 0.271. The molecule has 0 spiro atoms. The number of rotatable bonds is 7. The van der Waals surface area contributed by atoms with Crippen molar-refractivity contribution in [2.24, 2.45) is 0 Å². The predicted octanol–water partition coefficient (Wildman–Crippen LogP) is 16.8. The summed E-state index contributed by atoms with van der Waals surface area (Å²) in [5, 5.41) is 12.5. The van der Waals surface area contributed by atoms with Crippen LogP contribution in [-0.4, -0.2) is 19.6 Å². The van der Waals surface area contributed by atoms with E-state index in [2.05, 4.69) is 221 Å². The third-order valence-corrected chi connectivity index (χ3v) is 12.9. The highest BCUT2D eigenvalue weighted by Gasteiger charge is 2.30. The molecule has 332 valence electrons. The van der Waals surface area contributed by atoms with Gasteiger partial charge >= 0.3 is 0 Å². The first-order chi connectivity index (χ1) is 30.8. The van der Waals surface area contributed by atoms with Crippen molar-refractivity contribution in [3.05, 3.63) is 167 Å². The minimum absolute atomic E-state index is 0.0260. The average molecular weight is 859 g/mol. The van der Waals surface area contributed by atoms with Gasteiger partial charge in [-0.05, 0) is 115 Å². The lowest BCUT2D eigenvalue weighted by Gasteiger charge is -2.27. The molecule has 0 aliphatic carbocycles. The van der Waals surface area contributed by atoms with E-state index < -0.39 is 5.89 Å². The Kier molecular flexibility index (Phi) is 11.2. The number of hydrogen-bond donors (Lipinski definition) is 1. The molecule has 0 aliphatic rings. The summed E-state index contributed by atoms with van der Waals surface area (Å²) < 4.78 is 10.8. The van der Waals surface area contributed by atoms with E-state index in [9.17, 15) is 5.11 Å². The molecule has 0 fully saturated rings. The molecule has 0 aliphatic heterocycles. The van der Waals surface area contributed by atoms with Crippen LogP contribution in [0.25, 0.3) is 72.7 Å². The van der Waals surface area contributed by atoms with Crippen molar-refractivity contribution in [1.82, 2.24) is 14.5 Å². The van der Waals surface area contributed by atoms with Crippen molar-refractivity contribution >= 4 is 11.0 Å². The highest BCUT2D eigenvalue weighted by Crippen LogP contribution is 2.46. The zero-order valence-corrected chi connectivity index (χ0v) is 41.1. The van der Waals surface area contributed by atoms with Gasteiger partial charge in [0.15, 0.2) is 0 Å². The number of hydrogen-bond acceptors (Lipinski definition) is 3. The molecule has 0 saturated carbocycles. The van der Waals surface area contributed by atoms with Crippen LogP contribution >= 0.6 is 0 Å². The van der Waals surface area contributed by atoms with Crippen LogP contribution in [0.5, 0.6) is 5.75 Å². The van der Waals surface area contributed by atoms with Crippen LogP contribution in [0.15, 0.2) is 140 Å². The third-order valence-electron chi connectivity index (χ3n) is 12.9. The van der Waals surface area contributed by atoms with Crippen molar-refractivity contribution in [3.8, 4) is 67.5 Å². The minimum Gasteiger partial charge on any atom is -0.507 e. The van der Waals surface area contributed by atoms with Gasteiger partial charge in [-0.2, -0.15) is 0 Å². The fourth-order valence-electron chi connectivity index (χ4n) is 8.76. The molecule has 8 aromatic rings. The fourth-order valence-corrected chi connectivity index (χ4v) is 8.76. The van der Waals surface area contributed by atoms with Crippen LogP contribution < -0.4 is 0 Å². The summed E-state index contributed by atoms with van der Waals surface area (Å²) in [4.78, 5) is 10.6. The van der Waals surface area contributed by atoms with E-state index in [-0.39, 0.29) is 27.4 Å². The van der Waals surface area contributed by atoms with Crippen LogP contribution in [0, 0.1) is 0 Å². The number of pyridine rings is 1. The Morgan fingerprint density at radius 1 is 0.508 bits per heavy atom. The van der Waals surface area contributed by atoms with Gasteiger partial charge in [0.25, 0.3) is 0 Å². The zero-order chi connectivity index (χ0) is 47.7. The molecule has 6 aromatic carbocycles. The van der Waals surface area contributed by atoms with Gasteiger partial charge in [0.2, 0.25) is 0 Å². The maximum Gasteiger partial charge on any atom is 0.149 e. The molecule has 8 rings (SSSR count). The maximum absolute atomic E-state index is 12.5. The Labute approximate surface area is 389 Å².